The Kier molecular flexibility index (Phi) is 4.07. The molecule has 0 aromatic heterocycles. The summed E-state index contributed by atoms with van der Waals surface area (Å²) in [7, 11) is 0. The van der Waals surface area contributed by atoms with Crippen LogP contribution in [0.3, 0.4) is 0 Å². The maximum atomic E-state index is 13.1. The van der Waals surface area contributed by atoms with E-state index in [0.29, 0.717) is 15.1 Å². The van der Waals surface area contributed by atoms with Crippen molar-refractivity contribution in [3.63, 3.8) is 0 Å². The molecular formula is C13H8BrClFNO2. The smallest absolute Gasteiger partial charge is 0.256 e. The molecule has 0 aliphatic heterocycles. The molecule has 2 aromatic carbocycles. The number of carbonyl (C=O) groups excluding carboxylic acids is 1. The van der Waals surface area contributed by atoms with Gasteiger partial charge in [0.05, 0.1) is 5.56 Å². The normalized spacial score (nSPS) is 10.3. The summed E-state index contributed by atoms with van der Waals surface area (Å²) in [5.41, 5.74) is 0.625. The second-order valence-electron chi connectivity index (χ2n) is 3.74. The number of phenolic OH excluding ortho intramolecular Hbond substituents is 1. The highest BCUT2D eigenvalue weighted by atomic mass is 79.9. The maximum Gasteiger partial charge on any atom is 0.256 e. The van der Waals surface area contributed by atoms with Crippen LogP contribution >= 0.6 is 27.5 Å². The Balaban J connectivity index is 2.23. The fraction of sp³-hybridized carbons (Fsp3) is 0. The van der Waals surface area contributed by atoms with Gasteiger partial charge in [0, 0.05) is 21.2 Å². The number of benzene rings is 2. The van der Waals surface area contributed by atoms with E-state index < -0.39 is 17.5 Å². The number of amides is 1. The van der Waals surface area contributed by atoms with Crippen LogP contribution in [0, 0.1) is 5.82 Å². The van der Waals surface area contributed by atoms with E-state index in [9.17, 15) is 9.18 Å². The molecule has 2 N–H and O–H groups in total. The molecule has 0 radical (unpaired) electrons. The molecule has 0 spiro atoms. The van der Waals surface area contributed by atoms with E-state index in [1.807, 2.05) is 0 Å². The standard InChI is InChI=1S/C13H8BrClFNO2/c14-10-5-7(15)1-3-9(10)13(19)17-8-2-4-12(18)11(16)6-8/h1-6,18H,(H,17,19). The van der Waals surface area contributed by atoms with Gasteiger partial charge in [-0.3, -0.25) is 4.79 Å². The Bertz CT molecular complexity index is 649. The third kappa shape index (κ3) is 3.24. The second kappa shape index (κ2) is 5.59. The van der Waals surface area contributed by atoms with Crippen molar-refractivity contribution in [1.82, 2.24) is 0 Å². The molecule has 0 bridgehead atoms. The highest BCUT2D eigenvalue weighted by Crippen LogP contribution is 2.24. The molecule has 6 heteroatoms. The molecule has 2 rings (SSSR count). The average Bonchev–Trinajstić information content (AvgIpc) is 2.33. The fourth-order valence-electron chi connectivity index (χ4n) is 1.46. The molecule has 2 aromatic rings. The van der Waals surface area contributed by atoms with Gasteiger partial charge in [0.2, 0.25) is 0 Å². The SMILES string of the molecule is O=C(Nc1ccc(O)c(F)c1)c1ccc(Cl)cc1Br. The van der Waals surface area contributed by atoms with Crippen LogP contribution in [0.2, 0.25) is 5.02 Å². The molecule has 0 saturated carbocycles. The Labute approximate surface area is 122 Å². The van der Waals surface area contributed by atoms with Gasteiger partial charge in [0.25, 0.3) is 5.91 Å². The highest BCUT2D eigenvalue weighted by molar-refractivity contribution is 9.10. The minimum Gasteiger partial charge on any atom is -0.505 e. The largest absolute Gasteiger partial charge is 0.505 e. The van der Waals surface area contributed by atoms with Gasteiger partial charge < -0.3 is 10.4 Å². The number of phenols is 1. The van der Waals surface area contributed by atoms with Gasteiger partial charge in [-0.1, -0.05) is 11.6 Å². The Hall–Kier alpha value is -1.59. The molecular weight excluding hydrogens is 337 g/mol. The molecule has 0 aliphatic rings. The van der Waals surface area contributed by atoms with E-state index in [2.05, 4.69) is 21.2 Å². The van der Waals surface area contributed by atoms with Gasteiger partial charge in [-0.25, -0.2) is 4.39 Å². The van der Waals surface area contributed by atoms with Crippen LogP contribution in [-0.2, 0) is 0 Å². The molecule has 0 unspecified atom stereocenters. The predicted octanol–water partition coefficient (Wildman–Crippen LogP) is 4.20. The number of anilines is 1. The van der Waals surface area contributed by atoms with E-state index in [4.69, 9.17) is 16.7 Å². The van der Waals surface area contributed by atoms with Gasteiger partial charge in [0.15, 0.2) is 11.6 Å². The predicted molar refractivity (Wildman–Crippen MR) is 75.2 cm³/mol. The van der Waals surface area contributed by atoms with Gasteiger partial charge in [-0.2, -0.15) is 0 Å². The number of nitrogens with one attached hydrogen (secondary N) is 1. The van der Waals surface area contributed by atoms with Crippen LogP contribution in [0.5, 0.6) is 5.75 Å². The molecule has 0 fully saturated rings. The third-order valence-electron chi connectivity index (χ3n) is 2.38. The first-order valence-electron chi connectivity index (χ1n) is 5.22. The van der Waals surface area contributed by atoms with Crippen LogP contribution in [0.15, 0.2) is 40.9 Å². The monoisotopic (exact) mass is 343 g/mol. The first kappa shape index (κ1) is 13.8. The molecule has 0 heterocycles. The van der Waals surface area contributed by atoms with Crippen LogP contribution in [0.1, 0.15) is 10.4 Å². The lowest BCUT2D eigenvalue weighted by atomic mass is 10.2. The molecule has 3 nitrogen and oxygen atoms in total. The first-order chi connectivity index (χ1) is 8.97. The van der Waals surface area contributed by atoms with Crippen molar-refractivity contribution in [3.8, 4) is 5.75 Å². The van der Waals surface area contributed by atoms with E-state index in [1.165, 1.54) is 12.1 Å². The van der Waals surface area contributed by atoms with Crippen molar-refractivity contribution in [2.75, 3.05) is 5.32 Å². The van der Waals surface area contributed by atoms with Crippen molar-refractivity contribution in [3.05, 3.63) is 57.3 Å². The van der Waals surface area contributed by atoms with E-state index in [0.717, 1.165) is 6.07 Å². The first-order valence-corrected chi connectivity index (χ1v) is 6.39. The van der Waals surface area contributed by atoms with Gasteiger partial charge in [-0.15, -0.1) is 0 Å². The zero-order chi connectivity index (χ0) is 14.0. The maximum absolute atomic E-state index is 13.1. The molecule has 1 amide bonds. The Morgan fingerprint density at radius 3 is 2.63 bits per heavy atom. The van der Waals surface area contributed by atoms with E-state index in [1.54, 1.807) is 18.2 Å². The Morgan fingerprint density at radius 2 is 2.00 bits per heavy atom. The van der Waals surface area contributed by atoms with Crippen molar-refractivity contribution in [2.45, 2.75) is 0 Å². The van der Waals surface area contributed by atoms with Crippen LogP contribution in [0.25, 0.3) is 0 Å². The minimum atomic E-state index is -0.798. The highest BCUT2D eigenvalue weighted by Gasteiger charge is 2.11. The summed E-state index contributed by atoms with van der Waals surface area (Å²) in [6.45, 7) is 0. The van der Waals surface area contributed by atoms with Gasteiger partial charge in [0.1, 0.15) is 0 Å². The zero-order valence-electron chi connectivity index (χ0n) is 9.45. The second-order valence-corrected chi connectivity index (χ2v) is 5.04. The summed E-state index contributed by atoms with van der Waals surface area (Å²) in [5, 5.41) is 12.1. The van der Waals surface area contributed by atoms with E-state index in [-0.39, 0.29) is 5.69 Å². The summed E-state index contributed by atoms with van der Waals surface area (Å²) in [6, 6.07) is 8.34. The number of hydrogen-bond donors (Lipinski definition) is 2. The van der Waals surface area contributed by atoms with Crippen LogP contribution in [0.4, 0.5) is 10.1 Å². The number of carbonyl (C=O) groups is 1. The van der Waals surface area contributed by atoms with Gasteiger partial charge >= 0.3 is 0 Å². The fourth-order valence-corrected chi connectivity index (χ4v) is 2.32. The molecule has 0 aliphatic carbocycles. The molecule has 98 valence electrons. The molecule has 19 heavy (non-hydrogen) atoms. The van der Waals surface area contributed by atoms with Gasteiger partial charge in [-0.05, 0) is 46.3 Å². The summed E-state index contributed by atoms with van der Waals surface area (Å²) < 4.78 is 13.7. The number of aromatic hydroxyl groups is 1. The van der Waals surface area contributed by atoms with Crippen molar-refractivity contribution >= 4 is 39.1 Å². The molecule has 0 atom stereocenters. The van der Waals surface area contributed by atoms with Crippen LogP contribution < -0.4 is 5.32 Å². The quantitative estimate of drug-likeness (QED) is 0.802. The summed E-state index contributed by atoms with van der Waals surface area (Å²) in [5.74, 6) is -1.67. The average molecular weight is 345 g/mol. The topological polar surface area (TPSA) is 49.3 Å². The van der Waals surface area contributed by atoms with Crippen molar-refractivity contribution in [1.29, 1.82) is 0 Å². The van der Waals surface area contributed by atoms with Crippen molar-refractivity contribution in [2.24, 2.45) is 0 Å². The lowest BCUT2D eigenvalue weighted by Gasteiger charge is -2.07. The lowest BCUT2D eigenvalue weighted by Crippen LogP contribution is -2.12. The third-order valence-corrected chi connectivity index (χ3v) is 3.27. The number of hydrogen-bond acceptors (Lipinski definition) is 2. The summed E-state index contributed by atoms with van der Waals surface area (Å²) in [4.78, 5) is 12.0. The lowest BCUT2D eigenvalue weighted by molar-refractivity contribution is 0.102. The Morgan fingerprint density at radius 1 is 1.26 bits per heavy atom. The minimum absolute atomic E-state index is 0.252. The zero-order valence-corrected chi connectivity index (χ0v) is 11.8. The molecule has 0 saturated heterocycles. The summed E-state index contributed by atoms with van der Waals surface area (Å²) in [6.07, 6.45) is 0. The van der Waals surface area contributed by atoms with E-state index >= 15 is 0 Å². The van der Waals surface area contributed by atoms with Crippen LogP contribution in [-0.4, -0.2) is 11.0 Å². The number of rotatable bonds is 2. The number of halogens is 3. The van der Waals surface area contributed by atoms with Crippen molar-refractivity contribution < 1.29 is 14.3 Å². The summed E-state index contributed by atoms with van der Waals surface area (Å²) >= 11 is 9.01.